The minimum atomic E-state index is -0.780. The molecular formula is C17H25N3O2. The smallest absolute Gasteiger partial charge is 0.324 e. The van der Waals surface area contributed by atoms with Gasteiger partial charge in [-0.2, -0.15) is 0 Å². The van der Waals surface area contributed by atoms with E-state index in [4.69, 9.17) is 0 Å². The number of pyridine rings is 1. The second-order valence-corrected chi connectivity index (χ2v) is 6.74. The van der Waals surface area contributed by atoms with E-state index in [1.165, 1.54) is 0 Å². The Morgan fingerprint density at radius 1 is 1.23 bits per heavy atom. The number of rotatable bonds is 4. The van der Waals surface area contributed by atoms with Crippen LogP contribution in [0.3, 0.4) is 0 Å². The Kier molecular flexibility index (Phi) is 5.19. The van der Waals surface area contributed by atoms with Crippen LogP contribution in [0.5, 0.6) is 0 Å². The third kappa shape index (κ3) is 4.56. The second-order valence-electron chi connectivity index (χ2n) is 6.74. The van der Waals surface area contributed by atoms with Crippen molar-refractivity contribution in [3.8, 4) is 0 Å². The van der Waals surface area contributed by atoms with Crippen molar-refractivity contribution < 1.29 is 9.90 Å². The summed E-state index contributed by atoms with van der Waals surface area (Å²) in [4.78, 5) is 19.9. The molecule has 0 saturated carbocycles. The molecule has 0 amide bonds. The van der Waals surface area contributed by atoms with E-state index in [2.05, 4.69) is 30.7 Å². The number of carboxylic acid groups (broad SMARTS) is 1. The van der Waals surface area contributed by atoms with Crippen LogP contribution in [-0.4, -0.2) is 53.2 Å². The topological polar surface area (TPSA) is 56.7 Å². The molecule has 1 unspecified atom stereocenters. The van der Waals surface area contributed by atoms with E-state index >= 15 is 0 Å². The number of aromatic nitrogens is 1. The summed E-state index contributed by atoms with van der Waals surface area (Å²) in [5, 5.41) is 9.49. The number of aliphatic carboxylic acids is 1. The summed E-state index contributed by atoms with van der Waals surface area (Å²) in [5.41, 5.74) is 1.14. The van der Waals surface area contributed by atoms with E-state index < -0.39 is 12.0 Å². The molecule has 2 heterocycles. The fourth-order valence-corrected chi connectivity index (χ4v) is 2.55. The quantitative estimate of drug-likeness (QED) is 0.865. The van der Waals surface area contributed by atoms with E-state index in [0.29, 0.717) is 0 Å². The van der Waals surface area contributed by atoms with Crippen LogP contribution in [-0.2, 0) is 4.79 Å². The summed E-state index contributed by atoms with van der Waals surface area (Å²) < 4.78 is 0. The molecule has 1 aromatic heterocycles. The van der Waals surface area contributed by atoms with Gasteiger partial charge < -0.3 is 10.0 Å². The maximum Gasteiger partial charge on any atom is 0.324 e. The molecule has 0 bridgehead atoms. The van der Waals surface area contributed by atoms with Gasteiger partial charge in [-0.25, -0.2) is 0 Å². The van der Waals surface area contributed by atoms with Crippen LogP contribution in [0.15, 0.2) is 36.7 Å². The number of anilines is 1. The largest absolute Gasteiger partial charge is 0.480 e. The Balaban J connectivity index is 1.99. The van der Waals surface area contributed by atoms with Crippen molar-refractivity contribution >= 4 is 11.7 Å². The lowest BCUT2D eigenvalue weighted by atomic mass is 9.95. The van der Waals surface area contributed by atoms with Gasteiger partial charge in [0.1, 0.15) is 6.04 Å². The van der Waals surface area contributed by atoms with Gasteiger partial charge in [0, 0.05) is 44.3 Å². The summed E-state index contributed by atoms with van der Waals surface area (Å²) in [7, 11) is 0. The van der Waals surface area contributed by atoms with Crippen LogP contribution in [0.1, 0.15) is 20.8 Å². The number of piperazine rings is 1. The molecule has 2 rings (SSSR count). The van der Waals surface area contributed by atoms with Crippen molar-refractivity contribution in [1.82, 2.24) is 9.88 Å². The van der Waals surface area contributed by atoms with Crippen LogP contribution in [0, 0.1) is 5.41 Å². The first kappa shape index (κ1) is 16.5. The zero-order valence-corrected chi connectivity index (χ0v) is 13.6. The molecule has 1 aliphatic heterocycles. The Labute approximate surface area is 132 Å². The van der Waals surface area contributed by atoms with Gasteiger partial charge in [-0.1, -0.05) is 32.9 Å². The SMILES string of the molecule is CC(C)(C)C=CC(C(=O)O)N1CCN(c2ccncc2)CC1. The lowest BCUT2D eigenvalue weighted by Crippen LogP contribution is -2.52. The Hall–Kier alpha value is -1.88. The molecule has 0 spiro atoms. The van der Waals surface area contributed by atoms with E-state index in [9.17, 15) is 9.90 Å². The van der Waals surface area contributed by atoms with E-state index in [0.717, 1.165) is 31.9 Å². The molecule has 5 nitrogen and oxygen atoms in total. The number of carboxylic acids is 1. The molecule has 1 saturated heterocycles. The van der Waals surface area contributed by atoms with E-state index in [1.807, 2.05) is 29.2 Å². The molecule has 5 heteroatoms. The monoisotopic (exact) mass is 303 g/mol. The average molecular weight is 303 g/mol. The second kappa shape index (κ2) is 6.92. The first-order chi connectivity index (χ1) is 10.4. The van der Waals surface area contributed by atoms with Gasteiger partial charge >= 0.3 is 5.97 Å². The molecule has 1 N–H and O–H groups in total. The molecule has 1 atom stereocenters. The van der Waals surface area contributed by atoms with Crippen LogP contribution in [0.25, 0.3) is 0 Å². The highest BCUT2D eigenvalue weighted by Crippen LogP contribution is 2.19. The standard InChI is InChI=1S/C17H25N3O2/c1-17(2,3)7-4-15(16(21)22)20-12-10-19(11-13-20)14-5-8-18-9-6-14/h4-9,15H,10-13H2,1-3H3,(H,21,22). The summed E-state index contributed by atoms with van der Waals surface area (Å²) in [6.45, 7) is 9.37. The van der Waals surface area contributed by atoms with E-state index in [-0.39, 0.29) is 5.41 Å². The van der Waals surface area contributed by atoms with Crippen molar-refractivity contribution in [3.05, 3.63) is 36.7 Å². The number of hydrogen-bond acceptors (Lipinski definition) is 4. The minimum Gasteiger partial charge on any atom is -0.480 e. The third-order valence-electron chi connectivity index (χ3n) is 3.77. The van der Waals surface area contributed by atoms with Gasteiger partial charge in [0.05, 0.1) is 0 Å². The van der Waals surface area contributed by atoms with E-state index in [1.54, 1.807) is 12.4 Å². The fourth-order valence-electron chi connectivity index (χ4n) is 2.55. The molecular weight excluding hydrogens is 278 g/mol. The van der Waals surface area contributed by atoms with Crippen molar-refractivity contribution in [2.45, 2.75) is 26.8 Å². The van der Waals surface area contributed by atoms with Crippen molar-refractivity contribution in [2.24, 2.45) is 5.41 Å². The molecule has 120 valence electrons. The number of allylic oxidation sites excluding steroid dienone is 1. The normalized spacial score (nSPS) is 18.6. The first-order valence-electron chi connectivity index (χ1n) is 7.68. The lowest BCUT2D eigenvalue weighted by molar-refractivity contribution is -0.141. The Morgan fingerprint density at radius 2 is 1.82 bits per heavy atom. The molecule has 1 fully saturated rings. The van der Waals surface area contributed by atoms with Gasteiger partial charge in [0.15, 0.2) is 0 Å². The van der Waals surface area contributed by atoms with Gasteiger partial charge in [0.2, 0.25) is 0 Å². The minimum absolute atomic E-state index is 0.00738. The predicted octanol–water partition coefficient (Wildman–Crippen LogP) is 2.26. The fraction of sp³-hybridized carbons (Fsp3) is 0.529. The predicted molar refractivity (Wildman–Crippen MR) is 88.0 cm³/mol. The number of nitrogens with zero attached hydrogens (tertiary/aromatic N) is 3. The molecule has 0 aliphatic carbocycles. The number of carbonyl (C=O) groups is 1. The maximum atomic E-state index is 11.6. The van der Waals surface area contributed by atoms with Crippen molar-refractivity contribution in [2.75, 3.05) is 31.1 Å². The molecule has 22 heavy (non-hydrogen) atoms. The zero-order valence-electron chi connectivity index (χ0n) is 13.6. The van der Waals surface area contributed by atoms with Crippen LogP contribution >= 0.6 is 0 Å². The maximum absolute atomic E-state index is 11.6. The van der Waals surface area contributed by atoms with Crippen LogP contribution in [0.2, 0.25) is 0 Å². The summed E-state index contributed by atoms with van der Waals surface area (Å²) in [6, 6.07) is 3.44. The highest BCUT2D eigenvalue weighted by atomic mass is 16.4. The van der Waals surface area contributed by atoms with Crippen molar-refractivity contribution in [3.63, 3.8) is 0 Å². The highest BCUT2D eigenvalue weighted by Gasteiger charge is 2.27. The van der Waals surface area contributed by atoms with Gasteiger partial charge in [-0.3, -0.25) is 14.7 Å². The summed E-state index contributed by atoms with van der Waals surface area (Å²) in [6.07, 6.45) is 7.38. The molecule has 0 radical (unpaired) electrons. The number of hydrogen-bond donors (Lipinski definition) is 1. The van der Waals surface area contributed by atoms with Crippen LogP contribution < -0.4 is 4.90 Å². The van der Waals surface area contributed by atoms with Crippen molar-refractivity contribution in [1.29, 1.82) is 0 Å². The highest BCUT2D eigenvalue weighted by molar-refractivity contribution is 5.76. The van der Waals surface area contributed by atoms with Gasteiger partial charge in [-0.15, -0.1) is 0 Å². The van der Waals surface area contributed by atoms with Crippen LogP contribution in [0.4, 0.5) is 5.69 Å². The first-order valence-corrected chi connectivity index (χ1v) is 7.68. The van der Waals surface area contributed by atoms with Gasteiger partial charge in [0.25, 0.3) is 0 Å². The summed E-state index contributed by atoms with van der Waals surface area (Å²) >= 11 is 0. The molecule has 1 aliphatic rings. The average Bonchev–Trinajstić information content (AvgIpc) is 2.47. The molecule has 0 aromatic carbocycles. The zero-order chi connectivity index (χ0) is 16.2. The Morgan fingerprint density at radius 3 is 2.32 bits per heavy atom. The lowest BCUT2D eigenvalue weighted by Gasteiger charge is -2.38. The third-order valence-corrected chi connectivity index (χ3v) is 3.77. The summed E-state index contributed by atoms with van der Waals surface area (Å²) in [5.74, 6) is -0.780. The van der Waals surface area contributed by atoms with Gasteiger partial charge in [-0.05, 0) is 17.5 Å². The Bertz CT molecular complexity index is 514. The molecule has 1 aromatic rings.